The summed E-state index contributed by atoms with van der Waals surface area (Å²) in [5.74, 6) is -0.537. The second-order valence-electron chi connectivity index (χ2n) is 0.655. The second-order valence-corrected chi connectivity index (χ2v) is 1.32. The van der Waals surface area contributed by atoms with Crippen LogP contribution < -0.4 is 0 Å². The van der Waals surface area contributed by atoms with Gasteiger partial charge in [-0.25, -0.2) is 0 Å². The van der Waals surface area contributed by atoms with Gasteiger partial charge in [-0.2, -0.15) is 8.42 Å². The fourth-order valence-electron chi connectivity index (χ4n) is 0.0873. The molecular formula is CHN3O2S2. The summed E-state index contributed by atoms with van der Waals surface area (Å²) in [5, 5.41) is 6.51. The number of hydrogen-bond acceptors (Lipinski definition) is 3. The predicted molar refractivity (Wildman–Crippen MR) is 28.9 cm³/mol. The van der Waals surface area contributed by atoms with Crippen molar-refractivity contribution in [1.29, 1.82) is 5.41 Å². The van der Waals surface area contributed by atoms with Crippen molar-refractivity contribution in [3.8, 4) is 0 Å². The molecule has 0 spiro atoms. The van der Waals surface area contributed by atoms with Gasteiger partial charge in [0.25, 0.3) is 5.96 Å². The van der Waals surface area contributed by atoms with Gasteiger partial charge in [0.05, 0.1) is 0 Å². The van der Waals surface area contributed by atoms with Gasteiger partial charge >= 0.3 is 0 Å². The highest BCUT2D eigenvalue weighted by Crippen LogP contribution is 1.71. The summed E-state index contributed by atoms with van der Waals surface area (Å²) >= 11 is -0.292. The number of hydrogen-bond donors (Lipinski definition) is 1. The molecule has 0 aliphatic rings. The molecule has 0 radical (unpaired) electrons. The fraction of sp³-hybridized carbons (Fsp3) is 0. The van der Waals surface area contributed by atoms with Crippen molar-refractivity contribution in [2.45, 2.75) is 0 Å². The van der Waals surface area contributed by atoms with Crippen molar-refractivity contribution in [3.05, 3.63) is 0 Å². The van der Waals surface area contributed by atoms with Crippen molar-refractivity contribution in [1.82, 2.24) is 0 Å². The molecule has 0 heterocycles. The van der Waals surface area contributed by atoms with Gasteiger partial charge < -0.3 is 0 Å². The first kappa shape index (κ1) is 7.31. The Bertz CT molecular complexity index is 167. The van der Waals surface area contributed by atoms with Gasteiger partial charge in [-0.3, -0.25) is 5.41 Å². The van der Waals surface area contributed by atoms with E-state index in [9.17, 15) is 8.42 Å². The van der Waals surface area contributed by atoms with Crippen LogP contribution in [0.4, 0.5) is 0 Å². The van der Waals surface area contributed by atoms with Gasteiger partial charge in [0.15, 0.2) is 0 Å². The molecule has 0 unspecified atom stereocenters. The van der Waals surface area contributed by atoms with E-state index in [-0.39, 0.29) is 22.9 Å². The van der Waals surface area contributed by atoms with E-state index in [1.54, 1.807) is 0 Å². The molecular weight excluding hydrogens is 150 g/mol. The molecule has 0 atom stereocenters. The third-order valence-electron chi connectivity index (χ3n) is 0.247. The van der Waals surface area contributed by atoms with E-state index in [1.807, 2.05) is 0 Å². The van der Waals surface area contributed by atoms with Crippen molar-refractivity contribution >= 4 is 28.9 Å². The van der Waals surface area contributed by atoms with E-state index in [2.05, 4.69) is 8.73 Å². The maximum atomic E-state index is 9.45. The summed E-state index contributed by atoms with van der Waals surface area (Å²) in [6, 6.07) is 0. The Morgan fingerprint density at radius 3 is 1.88 bits per heavy atom. The van der Waals surface area contributed by atoms with E-state index in [1.165, 1.54) is 0 Å². The molecule has 0 aliphatic carbocycles. The van der Waals surface area contributed by atoms with Gasteiger partial charge in [0, 0.05) is 0 Å². The molecule has 0 saturated carbocycles. The summed E-state index contributed by atoms with van der Waals surface area (Å²) in [7, 11) is 0. The second kappa shape index (κ2) is 4.47. The number of nitrogens with zero attached hydrogens (tertiary/aromatic N) is 2. The minimum Gasteiger partial charge on any atom is -0.264 e. The third-order valence-corrected chi connectivity index (χ3v) is 0.742. The van der Waals surface area contributed by atoms with E-state index in [4.69, 9.17) is 5.41 Å². The third kappa shape index (κ3) is 3.50. The minimum atomic E-state index is -0.537. The SMILES string of the molecule is N=C(N=S=O)N=S=O. The Hall–Kier alpha value is -0.690. The molecule has 7 heteroatoms. The van der Waals surface area contributed by atoms with E-state index < -0.39 is 5.96 Å². The van der Waals surface area contributed by atoms with Crippen molar-refractivity contribution in [2.24, 2.45) is 8.73 Å². The van der Waals surface area contributed by atoms with Crippen LogP contribution in [-0.4, -0.2) is 14.4 Å². The summed E-state index contributed by atoms with van der Waals surface area (Å²) in [6.07, 6.45) is 0. The van der Waals surface area contributed by atoms with Gasteiger partial charge in [-0.1, -0.05) is 0 Å². The molecule has 1 N–H and O–H groups in total. The minimum absolute atomic E-state index is 0.146. The zero-order valence-electron chi connectivity index (χ0n) is 3.53. The van der Waals surface area contributed by atoms with Crippen LogP contribution in [0, 0.1) is 5.41 Å². The Morgan fingerprint density at radius 2 is 1.62 bits per heavy atom. The Labute approximate surface area is 52.1 Å². The zero-order valence-corrected chi connectivity index (χ0v) is 5.16. The molecule has 8 heavy (non-hydrogen) atoms. The molecule has 0 saturated heterocycles. The highest BCUT2D eigenvalue weighted by atomic mass is 32.1. The first-order valence-electron chi connectivity index (χ1n) is 1.40. The topological polar surface area (TPSA) is 82.7 Å². The molecule has 0 aromatic carbocycles. The Kier molecular flexibility index (Phi) is 4.08. The van der Waals surface area contributed by atoms with Gasteiger partial charge in [0.1, 0.15) is 0 Å². The molecule has 0 amide bonds. The van der Waals surface area contributed by atoms with Crippen molar-refractivity contribution in [2.75, 3.05) is 0 Å². The van der Waals surface area contributed by atoms with Crippen LogP contribution in [0.1, 0.15) is 0 Å². The fourth-order valence-corrected chi connectivity index (χ4v) is 0.362. The van der Waals surface area contributed by atoms with E-state index in [0.717, 1.165) is 0 Å². The maximum absolute atomic E-state index is 9.45. The van der Waals surface area contributed by atoms with Gasteiger partial charge in [0.2, 0.25) is 22.9 Å². The number of guanidine groups is 1. The lowest BCUT2D eigenvalue weighted by atomic mass is 11.1. The first-order chi connectivity index (χ1) is 3.81. The molecule has 0 aromatic heterocycles. The molecule has 0 aliphatic heterocycles. The van der Waals surface area contributed by atoms with E-state index >= 15 is 0 Å². The Balaban J connectivity index is 4.04. The standard InChI is InChI=1S/CHN3O2S2/c2-1(3-7-5)4-8-6/h2H. The van der Waals surface area contributed by atoms with Crippen LogP contribution in [0.15, 0.2) is 8.73 Å². The number of nitrogens with one attached hydrogen (secondary N) is 1. The summed E-state index contributed by atoms with van der Waals surface area (Å²) < 4.78 is 24.6. The summed E-state index contributed by atoms with van der Waals surface area (Å²) in [5.41, 5.74) is 0. The van der Waals surface area contributed by atoms with Crippen LogP contribution >= 0.6 is 0 Å². The predicted octanol–water partition coefficient (Wildman–Crippen LogP) is -0.286. The lowest BCUT2D eigenvalue weighted by Crippen LogP contribution is -1.78. The normalized spacial score (nSPS) is 7.00. The lowest BCUT2D eigenvalue weighted by molar-refractivity contribution is 0.698. The van der Waals surface area contributed by atoms with Crippen LogP contribution in [0.5, 0.6) is 0 Å². The quantitative estimate of drug-likeness (QED) is 0.381. The van der Waals surface area contributed by atoms with Crippen LogP contribution in [-0.2, 0) is 22.9 Å². The van der Waals surface area contributed by atoms with Crippen molar-refractivity contribution in [3.63, 3.8) is 0 Å². The maximum Gasteiger partial charge on any atom is 0.269 e. The largest absolute Gasteiger partial charge is 0.269 e. The van der Waals surface area contributed by atoms with Gasteiger partial charge in [-0.05, 0) is 0 Å². The average molecular weight is 151 g/mol. The molecule has 5 nitrogen and oxygen atoms in total. The molecule has 0 rings (SSSR count). The Morgan fingerprint density at radius 1 is 1.25 bits per heavy atom. The van der Waals surface area contributed by atoms with Gasteiger partial charge in [-0.15, -0.1) is 8.73 Å². The van der Waals surface area contributed by atoms with E-state index in [0.29, 0.717) is 0 Å². The highest BCUT2D eigenvalue weighted by molar-refractivity contribution is 7.56. The summed E-state index contributed by atoms with van der Waals surface area (Å²) in [4.78, 5) is 0. The zero-order chi connectivity index (χ0) is 6.41. The smallest absolute Gasteiger partial charge is 0.264 e. The molecule has 0 bridgehead atoms. The van der Waals surface area contributed by atoms with Crippen LogP contribution in [0.3, 0.4) is 0 Å². The van der Waals surface area contributed by atoms with Crippen molar-refractivity contribution < 1.29 is 8.42 Å². The lowest BCUT2D eigenvalue weighted by Gasteiger charge is -1.68. The number of rotatable bonds is 0. The summed E-state index contributed by atoms with van der Waals surface area (Å²) in [6.45, 7) is 0. The van der Waals surface area contributed by atoms with Crippen LogP contribution in [0.2, 0.25) is 0 Å². The molecule has 0 fully saturated rings. The average Bonchev–Trinajstić information content (AvgIpc) is 1.68. The van der Waals surface area contributed by atoms with Crippen LogP contribution in [0.25, 0.3) is 0 Å². The first-order valence-corrected chi connectivity index (χ1v) is 2.79. The molecule has 44 valence electrons. The monoisotopic (exact) mass is 151 g/mol. The highest BCUT2D eigenvalue weighted by Gasteiger charge is 1.81. The molecule has 0 aromatic rings.